The second-order valence-electron chi connectivity index (χ2n) is 5.63. The average molecular weight is 312 g/mol. The lowest BCUT2D eigenvalue weighted by Gasteiger charge is -2.27. The maximum atomic E-state index is 12.6. The molecule has 0 aliphatic carbocycles. The van der Waals surface area contributed by atoms with Crippen molar-refractivity contribution in [2.24, 2.45) is 0 Å². The Morgan fingerprint density at radius 3 is 3.04 bits per heavy atom. The van der Waals surface area contributed by atoms with Gasteiger partial charge in [0.15, 0.2) is 5.58 Å². The number of carbonyl (C=O) groups excluding carboxylic acids is 1. The third-order valence-corrected chi connectivity index (χ3v) is 4.13. The van der Waals surface area contributed by atoms with Gasteiger partial charge in [-0.1, -0.05) is 17.3 Å². The van der Waals surface area contributed by atoms with Crippen LogP contribution in [0.5, 0.6) is 0 Å². The molecule has 0 spiro atoms. The number of fused-ring (bicyclic) bond motifs is 2. The standard InChI is InChI=1S/C16H16N4O3/c21-10-11-7-12-9-19(5-6-20(12)17-11)16(22)8-14-13-3-1-2-4-15(13)23-18-14/h1-4,7,21H,5-6,8-10H2. The largest absolute Gasteiger partial charge is 0.390 e. The van der Waals surface area contributed by atoms with Crippen LogP contribution < -0.4 is 0 Å². The summed E-state index contributed by atoms with van der Waals surface area (Å²) in [6, 6.07) is 9.37. The van der Waals surface area contributed by atoms with Crippen molar-refractivity contribution in [3.8, 4) is 0 Å². The fourth-order valence-electron chi connectivity index (χ4n) is 2.94. The molecule has 0 bridgehead atoms. The maximum Gasteiger partial charge on any atom is 0.229 e. The summed E-state index contributed by atoms with van der Waals surface area (Å²) in [5.74, 6) is 0.0158. The molecule has 1 amide bonds. The molecule has 1 aromatic carbocycles. The summed E-state index contributed by atoms with van der Waals surface area (Å²) in [6.07, 6.45) is 0.220. The SMILES string of the molecule is O=C(Cc1noc2ccccc12)N1CCn2nc(CO)cc2C1. The number of para-hydroxylation sites is 1. The highest BCUT2D eigenvalue weighted by molar-refractivity contribution is 5.86. The zero-order valence-corrected chi connectivity index (χ0v) is 12.5. The molecule has 0 saturated heterocycles. The molecule has 118 valence electrons. The molecular weight excluding hydrogens is 296 g/mol. The lowest BCUT2D eigenvalue weighted by atomic mass is 10.1. The van der Waals surface area contributed by atoms with Gasteiger partial charge in [-0.25, -0.2) is 0 Å². The number of aromatic nitrogens is 3. The Morgan fingerprint density at radius 1 is 1.30 bits per heavy atom. The van der Waals surface area contributed by atoms with Gasteiger partial charge >= 0.3 is 0 Å². The fourth-order valence-corrected chi connectivity index (χ4v) is 2.94. The molecule has 0 radical (unpaired) electrons. The molecule has 4 rings (SSSR count). The van der Waals surface area contributed by atoms with Crippen LogP contribution in [0.15, 0.2) is 34.9 Å². The maximum absolute atomic E-state index is 12.6. The smallest absolute Gasteiger partial charge is 0.229 e. The minimum Gasteiger partial charge on any atom is -0.390 e. The Labute approximate surface area is 132 Å². The van der Waals surface area contributed by atoms with Crippen LogP contribution in [0.1, 0.15) is 17.1 Å². The molecule has 2 aromatic heterocycles. The van der Waals surface area contributed by atoms with Crippen molar-refractivity contribution in [1.82, 2.24) is 19.8 Å². The average Bonchev–Trinajstić information content (AvgIpc) is 3.18. The lowest BCUT2D eigenvalue weighted by Crippen LogP contribution is -2.39. The lowest BCUT2D eigenvalue weighted by molar-refractivity contribution is -0.132. The van der Waals surface area contributed by atoms with E-state index in [1.54, 1.807) is 4.90 Å². The predicted molar refractivity (Wildman–Crippen MR) is 81.3 cm³/mol. The Balaban J connectivity index is 1.51. The van der Waals surface area contributed by atoms with Gasteiger partial charge in [0.2, 0.25) is 5.91 Å². The summed E-state index contributed by atoms with van der Waals surface area (Å²) >= 11 is 0. The summed E-state index contributed by atoms with van der Waals surface area (Å²) in [4.78, 5) is 14.4. The van der Waals surface area contributed by atoms with Crippen LogP contribution in [0.3, 0.4) is 0 Å². The summed E-state index contributed by atoms with van der Waals surface area (Å²) in [5.41, 5.74) is 2.94. The normalized spacial score (nSPS) is 14.2. The van der Waals surface area contributed by atoms with Gasteiger partial charge in [-0.2, -0.15) is 5.10 Å². The van der Waals surface area contributed by atoms with E-state index in [2.05, 4.69) is 10.3 Å². The van der Waals surface area contributed by atoms with Crippen molar-refractivity contribution in [2.75, 3.05) is 6.54 Å². The molecule has 7 heteroatoms. The summed E-state index contributed by atoms with van der Waals surface area (Å²) in [6.45, 7) is 1.66. The van der Waals surface area contributed by atoms with Crippen LogP contribution in [-0.4, -0.2) is 37.4 Å². The molecule has 1 N–H and O–H groups in total. The Bertz CT molecular complexity index is 867. The van der Waals surface area contributed by atoms with E-state index >= 15 is 0 Å². The van der Waals surface area contributed by atoms with E-state index in [0.717, 1.165) is 11.1 Å². The third-order valence-electron chi connectivity index (χ3n) is 4.13. The zero-order valence-electron chi connectivity index (χ0n) is 12.5. The Hall–Kier alpha value is -2.67. The molecule has 0 atom stereocenters. The van der Waals surface area contributed by atoms with Crippen LogP contribution in [0, 0.1) is 0 Å². The highest BCUT2D eigenvalue weighted by Crippen LogP contribution is 2.20. The van der Waals surface area contributed by atoms with Crippen LogP contribution in [0.4, 0.5) is 0 Å². The van der Waals surface area contributed by atoms with Gasteiger partial charge in [0.05, 0.1) is 37.5 Å². The molecule has 7 nitrogen and oxygen atoms in total. The molecule has 3 heterocycles. The molecule has 0 unspecified atom stereocenters. The highest BCUT2D eigenvalue weighted by Gasteiger charge is 2.23. The van der Waals surface area contributed by atoms with Crippen LogP contribution in [-0.2, 0) is 30.9 Å². The number of aliphatic hydroxyl groups excluding tert-OH is 1. The fraction of sp³-hybridized carbons (Fsp3) is 0.312. The van der Waals surface area contributed by atoms with Crippen LogP contribution >= 0.6 is 0 Å². The van der Waals surface area contributed by atoms with Crippen molar-refractivity contribution >= 4 is 16.9 Å². The van der Waals surface area contributed by atoms with Gasteiger partial charge in [-0.05, 0) is 18.2 Å². The first kappa shape index (κ1) is 14.0. The molecule has 3 aromatic rings. The number of aliphatic hydroxyl groups is 1. The number of hydrogen-bond acceptors (Lipinski definition) is 5. The Morgan fingerprint density at radius 2 is 2.17 bits per heavy atom. The monoisotopic (exact) mass is 312 g/mol. The van der Waals surface area contributed by atoms with E-state index in [0.29, 0.717) is 36.6 Å². The summed E-state index contributed by atoms with van der Waals surface area (Å²) < 4.78 is 7.10. The van der Waals surface area contributed by atoms with Crippen LogP contribution in [0.2, 0.25) is 0 Å². The molecular formula is C16H16N4O3. The number of carbonyl (C=O) groups is 1. The van der Waals surface area contributed by atoms with E-state index in [1.165, 1.54) is 0 Å². The first-order valence-electron chi connectivity index (χ1n) is 7.52. The van der Waals surface area contributed by atoms with Crippen molar-refractivity contribution in [2.45, 2.75) is 26.1 Å². The second kappa shape index (κ2) is 5.51. The number of hydrogen-bond donors (Lipinski definition) is 1. The van der Waals surface area contributed by atoms with Crippen molar-refractivity contribution in [1.29, 1.82) is 0 Å². The number of amides is 1. The summed E-state index contributed by atoms with van der Waals surface area (Å²) in [7, 11) is 0. The summed E-state index contributed by atoms with van der Waals surface area (Å²) in [5, 5.41) is 18.3. The minimum absolute atomic E-state index is 0.0158. The van der Waals surface area contributed by atoms with E-state index in [-0.39, 0.29) is 18.9 Å². The molecule has 0 fully saturated rings. The third kappa shape index (κ3) is 2.49. The quantitative estimate of drug-likeness (QED) is 0.783. The van der Waals surface area contributed by atoms with E-state index in [1.807, 2.05) is 35.0 Å². The first-order valence-corrected chi connectivity index (χ1v) is 7.52. The Kier molecular flexibility index (Phi) is 3.34. The molecule has 1 aliphatic heterocycles. The van der Waals surface area contributed by atoms with Gasteiger partial charge in [0, 0.05) is 11.9 Å². The van der Waals surface area contributed by atoms with Gasteiger partial charge in [0.1, 0.15) is 5.69 Å². The zero-order chi connectivity index (χ0) is 15.8. The van der Waals surface area contributed by atoms with Crippen molar-refractivity contribution in [3.63, 3.8) is 0 Å². The number of nitrogens with zero attached hydrogens (tertiary/aromatic N) is 4. The van der Waals surface area contributed by atoms with Gasteiger partial charge in [-0.15, -0.1) is 0 Å². The second-order valence-corrected chi connectivity index (χ2v) is 5.63. The van der Waals surface area contributed by atoms with Gasteiger partial charge in [0.25, 0.3) is 0 Å². The highest BCUT2D eigenvalue weighted by atomic mass is 16.5. The number of rotatable bonds is 3. The van der Waals surface area contributed by atoms with Crippen molar-refractivity contribution < 1.29 is 14.4 Å². The van der Waals surface area contributed by atoms with Crippen molar-refractivity contribution in [3.05, 3.63) is 47.4 Å². The minimum atomic E-state index is -0.0844. The molecule has 23 heavy (non-hydrogen) atoms. The molecule has 1 aliphatic rings. The van der Waals surface area contributed by atoms with E-state index in [9.17, 15) is 4.79 Å². The molecule has 0 saturated carbocycles. The topological polar surface area (TPSA) is 84.4 Å². The van der Waals surface area contributed by atoms with Gasteiger partial charge < -0.3 is 14.5 Å². The van der Waals surface area contributed by atoms with Gasteiger partial charge in [-0.3, -0.25) is 9.48 Å². The predicted octanol–water partition coefficient (Wildman–Crippen LogP) is 1.10. The number of benzene rings is 1. The van der Waals surface area contributed by atoms with E-state index in [4.69, 9.17) is 9.63 Å². The van der Waals surface area contributed by atoms with E-state index < -0.39 is 0 Å². The van der Waals surface area contributed by atoms with Crippen LogP contribution in [0.25, 0.3) is 11.0 Å². The first-order chi connectivity index (χ1) is 11.2.